The summed E-state index contributed by atoms with van der Waals surface area (Å²) in [6.45, 7) is 4.38. The van der Waals surface area contributed by atoms with Crippen LogP contribution >= 0.6 is 11.6 Å². The summed E-state index contributed by atoms with van der Waals surface area (Å²) in [5, 5.41) is 3.71. The minimum absolute atomic E-state index is 0.124. The first kappa shape index (κ1) is 14.0. The van der Waals surface area contributed by atoms with Crippen molar-refractivity contribution < 1.29 is 9.53 Å². The molecule has 0 unspecified atom stereocenters. The van der Waals surface area contributed by atoms with Crippen LogP contribution in [0, 0.1) is 0 Å². The quantitative estimate of drug-likeness (QED) is 0.849. The first-order chi connectivity index (χ1) is 8.02. The van der Waals surface area contributed by atoms with Gasteiger partial charge in [0.2, 0.25) is 0 Å². The van der Waals surface area contributed by atoms with Gasteiger partial charge in [-0.25, -0.2) is 0 Å². The molecule has 0 aromatic heterocycles. The highest BCUT2D eigenvalue weighted by atomic mass is 35.5. The summed E-state index contributed by atoms with van der Waals surface area (Å²) in [7, 11) is 1.59. The zero-order chi connectivity index (χ0) is 12.8. The second-order valence-corrected chi connectivity index (χ2v) is 4.64. The Kier molecular flexibility index (Phi) is 5.45. The van der Waals surface area contributed by atoms with Crippen LogP contribution < -0.4 is 10.1 Å². The number of hydrogen-bond donors (Lipinski definition) is 1. The average molecular weight is 256 g/mol. The maximum absolute atomic E-state index is 11.7. The summed E-state index contributed by atoms with van der Waals surface area (Å²) in [5.41, 5.74) is 0.829. The summed E-state index contributed by atoms with van der Waals surface area (Å²) in [6.07, 6.45) is 0.337. The van der Waals surface area contributed by atoms with Gasteiger partial charge in [0.15, 0.2) is 5.78 Å². The van der Waals surface area contributed by atoms with Gasteiger partial charge >= 0.3 is 0 Å². The summed E-state index contributed by atoms with van der Waals surface area (Å²) in [4.78, 5) is 11.7. The number of rotatable bonds is 6. The van der Waals surface area contributed by atoms with Crippen LogP contribution in [0.15, 0.2) is 18.2 Å². The van der Waals surface area contributed by atoms with Crippen molar-refractivity contribution in [2.75, 3.05) is 13.7 Å². The Morgan fingerprint density at radius 1 is 1.47 bits per heavy atom. The second-order valence-electron chi connectivity index (χ2n) is 4.21. The standard InChI is InChI=1S/C13H18ClNO2/c1-9(2)15-8-12(16)7-10-6-11(14)4-5-13(10)17-3/h4-6,9,15H,7-8H2,1-3H3. The number of carbonyl (C=O) groups excluding carboxylic acids is 1. The van der Waals surface area contributed by atoms with Crippen molar-refractivity contribution in [3.8, 4) is 5.75 Å². The number of ether oxygens (including phenoxy) is 1. The summed E-state index contributed by atoms with van der Waals surface area (Å²) in [5.74, 6) is 0.826. The summed E-state index contributed by atoms with van der Waals surface area (Å²) in [6, 6.07) is 5.61. The van der Waals surface area contributed by atoms with Crippen LogP contribution in [0.5, 0.6) is 5.75 Å². The Labute approximate surface area is 107 Å². The molecule has 3 nitrogen and oxygen atoms in total. The maximum atomic E-state index is 11.7. The van der Waals surface area contributed by atoms with Crippen LogP contribution in [0.3, 0.4) is 0 Å². The van der Waals surface area contributed by atoms with Crippen LogP contribution in [-0.2, 0) is 11.2 Å². The molecule has 4 heteroatoms. The molecular formula is C13H18ClNO2. The number of hydrogen-bond acceptors (Lipinski definition) is 3. The van der Waals surface area contributed by atoms with Crippen molar-refractivity contribution in [3.05, 3.63) is 28.8 Å². The van der Waals surface area contributed by atoms with E-state index in [1.54, 1.807) is 25.3 Å². The molecule has 0 atom stereocenters. The van der Waals surface area contributed by atoms with Crippen molar-refractivity contribution in [2.24, 2.45) is 0 Å². The van der Waals surface area contributed by atoms with Crippen molar-refractivity contribution in [1.82, 2.24) is 5.32 Å². The molecule has 0 saturated carbocycles. The van der Waals surface area contributed by atoms with E-state index < -0.39 is 0 Å². The zero-order valence-corrected chi connectivity index (χ0v) is 11.2. The van der Waals surface area contributed by atoms with Gasteiger partial charge in [0.05, 0.1) is 13.7 Å². The van der Waals surface area contributed by atoms with Crippen LogP contribution in [0.4, 0.5) is 0 Å². The molecule has 1 aromatic carbocycles. The Morgan fingerprint density at radius 2 is 2.18 bits per heavy atom. The lowest BCUT2D eigenvalue weighted by molar-refractivity contribution is -0.117. The highest BCUT2D eigenvalue weighted by Crippen LogP contribution is 2.23. The van der Waals surface area contributed by atoms with Gasteiger partial charge in [0.1, 0.15) is 5.75 Å². The van der Waals surface area contributed by atoms with E-state index in [9.17, 15) is 4.79 Å². The highest BCUT2D eigenvalue weighted by molar-refractivity contribution is 6.30. The summed E-state index contributed by atoms with van der Waals surface area (Å²) < 4.78 is 5.20. The van der Waals surface area contributed by atoms with Gasteiger partial charge in [-0.1, -0.05) is 25.4 Å². The fraction of sp³-hybridized carbons (Fsp3) is 0.462. The third kappa shape index (κ3) is 4.75. The van der Waals surface area contributed by atoms with Gasteiger partial charge in [-0.05, 0) is 18.2 Å². The minimum Gasteiger partial charge on any atom is -0.496 e. The van der Waals surface area contributed by atoms with Gasteiger partial charge in [-0.15, -0.1) is 0 Å². The SMILES string of the molecule is COc1ccc(Cl)cc1CC(=O)CNC(C)C. The number of halogens is 1. The predicted octanol–water partition coefficient (Wildman–Crippen LogP) is 2.46. The monoisotopic (exact) mass is 255 g/mol. The molecule has 0 fully saturated rings. The van der Waals surface area contributed by atoms with Crippen LogP contribution in [0.2, 0.25) is 5.02 Å². The predicted molar refractivity (Wildman–Crippen MR) is 69.9 cm³/mol. The molecule has 0 radical (unpaired) electrons. The van der Waals surface area contributed by atoms with E-state index in [4.69, 9.17) is 16.3 Å². The first-order valence-corrected chi connectivity index (χ1v) is 5.98. The Bertz CT molecular complexity index is 391. The third-order valence-electron chi connectivity index (χ3n) is 2.34. The molecule has 0 bridgehead atoms. The lowest BCUT2D eigenvalue weighted by Gasteiger charge is -2.10. The molecule has 0 saturated heterocycles. The van der Waals surface area contributed by atoms with E-state index in [2.05, 4.69) is 5.32 Å². The van der Waals surface area contributed by atoms with E-state index in [-0.39, 0.29) is 5.78 Å². The number of benzene rings is 1. The fourth-order valence-corrected chi connectivity index (χ4v) is 1.67. The molecule has 0 aliphatic rings. The molecule has 1 rings (SSSR count). The van der Waals surface area contributed by atoms with Crippen molar-refractivity contribution in [3.63, 3.8) is 0 Å². The van der Waals surface area contributed by atoms with Crippen LogP contribution in [0.1, 0.15) is 19.4 Å². The van der Waals surface area contributed by atoms with Gasteiger partial charge < -0.3 is 10.1 Å². The lowest BCUT2D eigenvalue weighted by atomic mass is 10.1. The van der Waals surface area contributed by atoms with Gasteiger partial charge in [-0.2, -0.15) is 0 Å². The molecule has 17 heavy (non-hydrogen) atoms. The van der Waals surface area contributed by atoms with E-state index in [1.807, 2.05) is 13.8 Å². The number of carbonyl (C=O) groups is 1. The zero-order valence-electron chi connectivity index (χ0n) is 10.4. The van der Waals surface area contributed by atoms with E-state index in [0.29, 0.717) is 29.8 Å². The van der Waals surface area contributed by atoms with Crippen LogP contribution in [0.25, 0.3) is 0 Å². The van der Waals surface area contributed by atoms with Crippen molar-refractivity contribution in [1.29, 1.82) is 0 Å². The minimum atomic E-state index is 0.124. The molecule has 0 amide bonds. The number of Topliss-reactive ketones (excluding diaryl/α,β-unsaturated/α-hetero) is 1. The molecule has 0 heterocycles. The number of methoxy groups -OCH3 is 1. The highest BCUT2D eigenvalue weighted by Gasteiger charge is 2.09. The maximum Gasteiger partial charge on any atom is 0.151 e. The Hall–Kier alpha value is -1.06. The van der Waals surface area contributed by atoms with Gasteiger partial charge in [0, 0.05) is 23.0 Å². The molecule has 0 aliphatic heterocycles. The van der Waals surface area contributed by atoms with E-state index >= 15 is 0 Å². The summed E-state index contributed by atoms with van der Waals surface area (Å²) >= 11 is 5.90. The lowest BCUT2D eigenvalue weighted by Crippen LogP contribution is -2.30. The molecule has 0 spiro atoms. The number of nitrogens with one attached hydrogen (secondary N) is 1. The number of ketones is 1. The first-order valence-electron chi connectivity index (χ1n) is 5.60. The van der Waals surface area contributed by atoms with Crippen molar-refractivity contribution >= 4 is 17.4 Å². The Morgan fingerprint density at radius 3 is 2.76 bits per heavy atom. The third-order valence-corrected chi connectivity index (χ3v) is 2.57. The topological polar surface area (TPSA) is 38.3 Å². The second kappa shape index (κ2) is 6.62. The normalized spacial score (nSPS) is 10.6. The van der Waals surface area contributed by atoms with Gasteiger partial charge in [-0.3, -0.25) is 4.79 Å². The molecule has 0 aliphatic carbocycles. The van der Waals surface area contributed by atoms with Crippen LogP contribution in [-0.4, -0.2) is 25.5 Å². The molecule has 1 N–H and O–H groups in total. The smallest absolute Gasteiger partial charge is 0.151 e. The van der Waals surface area contributed by atoms with E-state index in [1.165, 1.54) is 0 Å². The van der Waals surface area contributed by atoms with Crippen molar-refractivity contribution in [2.45, 2.75) is 26.3 Å². The van der Waals surface area contributed by atoms with Gasteiger partial charge in [0.25, 0.3) is 0 Å². The Balaban J connectivity index is 2.66. The largest absolute Gasteiger partial charge is 0.496 e. The fourth-order valence-electron chi connectivity index (χ4n) is 1.48. The molecular weight excluding hydrogens is 238 g/mol. The van der Waals surface area contributed by atoms with E-state index in [0.717, 1.165) is 5.56 Å². The molecule has 94 valence electrons. The average Bonchev–Trinajstić information content (AvgIpc) is 2.27. The molecule has 1 aromatic rings.